The molecule has 0 aliphatic heterocycles. The molecule has 0 spiro atoms. The third kappa shape index (κ3) is 69.0. The van der Waals surface area contributed by atoms with Crippen LogP contribution in [0.1, 0.15) is 336 Å². The van der Waals surface area contributed by atoms with Crippen molar-refractivity contribution < 1.29 is 80.2 Å². The Kier molecular flexibility index (Phi) is 67.4. The van der Waals surface area contributed by atoms with Crippen LogP contribution in [-0.4, -0.2) is 96.7 Å². The normalized spacial score (nSPS) is 14.4. The Hall–Kier alpha value is -3.50. The summed E-state index contributed by atoms with van der Waals surface area (Å²) in [5.41, 5.74) is 0. The molecule has 0 aliphatic carbocycles. The number of hydrogen-bond acceptors (Lipinski definition) is 15. The SMILES string of the molecule is CC/C=C\C/C=C\C/C=C\C/C=C\C/C=C\CC(=O)OCC(COP(=O)(O)OCC(O)COP(=O)(O)OCC(COC(=O)CCCCCCC/C=C\CCCCCCCC)OC(=O)CCCCCCCCCCCCC)OC(=O)CCCCCCCCCCCCCCCCC. The quantitative estimate of drug-likeness (QED) is 0.0169. The molecule has 0 heterocycles. The van der Waals surface area contributed by atoms with Gasteiger partial charge in [0.05, 0.1) is 32.8 Å². The summed E-state index contributed by atoms with van der Waals surface area (Å²) in [7, 11) is -9.96. The van der Waals surface area contributed by atoms with Crippen LogP contribution in [0.25, 0.3) is 0 Å². The van der Waals surface area contributed by atoms with E-state index in [4.69, 9.17) is 37.0 Å². The Labute approximate surface area is 583 Å². The minimum absolute atomic E-state index is 0.0666. The smallest absolute Gasteiger partial charge is 0.462 e. The van der Waals surface area contributed by atoms with Crippen LogP contribution in [0.5, 0.6) is 0 Å². The third-order valence-corrected chi connectivity index (χ3v) is 18.1. The second kappa shape index (κ2) is 70.0. The van der Waals surface area contributed by atoms with Crippen molar-refractivity contribution in [2.75, 3.05) is 39.6 Å². The topological polar surface area (TPSA) is 237 Å². The molecule has 19 heteroatoms. The fourth-order valence-electron chi connectivity index (χ4n) is 10.4. The van der Waals surface area contributed by atoms with Crippen molar-refractivity contribution in [3.8, 4) is 0 Å². The summed E-state index contributed by atoms with van der Waals surface area (Å²) >= 11 is 0. The third-order valence-electron chi connectivity index (χ3n) is 16.2. The highest BCUT2D eigenvalue weighted by Gasteiger charge is 2.30. The lowest BCUT2D eigenvalue weighted by Crippen LogP contribution is -2.30. The number of allylic oxidation sites excluding steroid dienone is 11. The molecule has 17 nitrogen and oxygen atoms in total. The van der Waals surface area contributed by atoms with Gasteiger partial charge in [-0.3, -0.25) is 37.3 Å². The summed E-state index contributed by atoms with van der Waals surface area (Å²) in [6, 6.07) is 0. The molecular weight excluding hydrogens is 1260 g/mol. The Morgan fingerprint density at radius 1 is 0.312 bits per heavy atom. The van der Waals surface area contributed by atoms with Gasteiger partial charge in [0, 0.05) is 19.3 Å². The predicted octanol–water partition coefficient (Wildman–Crippen LogP) is 21.7. The summed E-state index contributed by atoms with van der Waals surface area (Å²) in [6.45, 7) is 4.67. The van der Waals surface area contributed by atoms with Gasteiger partial charge in [0.1, 0.15) is 19.3 Å². The largest absolute Gasteiger partial charge is 0.472 e. The van der Waals surface area contributed by atoms with E-state index in [-0.39, 0.29) is 25.7 Å². The molecule has 0 amide bonds. The van der Waals surface area contributed by atoms with Crippen LogP contribution in [-0.2, 0) is 65.4 Å². The molecule has 5 unspecified atom stereocenters. The Balaban J connectivity index is 5.36. The molecule has 0 aromatic rings. The number of unbranched alkanes of at least 4 members (excludes halogenated alkanes) is 35. The number of hydrogen-bond donors (Lipinski definition) is 3. The highest BCUT2D eigenvalue weighted by Crippen LogP contribution is 2.45. The zero-order chi connectivity index (χ0) is 70.4. The van der Waals surface area contributed by atoms with Gasteiger partial charge < -0.3 is 33.8 Å². The van der Waals surface area contributed by atoms with Gasteiger partial charge in [-0.1, -0.05) is 306 Å². The number of ether oxygens (including phenoxy) is 4. The summed E-state index contributed by atoms with van der Waals surface area (Å²) < 4.78 is 68.3. The molecule has 0 radical (unpaired) electrons. The van der Waals surface area contributed by atoms with Crippen LogP contribution in [0, 0.1) is 0 Å². The summed E-state index contributed by atoms with van der Waals surface area (Å²) in [4.78, 5) is 72.7. The second-order valence-corrected chi connectivity index (χ2v) is 28.5. The minimum atomic E-state index is -4.98. The Morgan fingerprint density at radius 3 is 0.917 bits per heavy atom. The molecule has 0 saturated heterocycles. The number of carbonyl (C=O) groups is 4. The Morgan fingerprint density at radius 2 is 0.583 bits per heavy atom. The summed E-state index contributed by atoms with van der Waals surface area (Å²) in [5.74, 6) is -2.30. The molecule has 0 aromatic heterocycles. The van der Waals surface area contributed by atoms with Crippen molar-refractivity contribution in [3.05, 3.63) is 72.9 Å². The highest BCUT2D eigenvalue weighted by atomic mass is 31.2. The number of phosphoric ester groups is 2. The molecule has 0 aliphatic rings. The number of esters is 4. The molecular formula is C77H138O17P2. The Bertz CT molecular complexity index is 2110. The lowest BCUT2D eigenvalue weighted by Gasteiger charge is -2.21. The number of phosphoric acid groups is 2. The van der Waals surface area contributed by atoms with Crippen molar-refractivity contribution in [2.45, 2.75) is 354 Å². The van der Waals surface area contributed by atoms with Gasteiger partial charge in [-0.15, -0.1) is 0 Å². The van der Waals surface area contributed by atoms with Gasteiger partial charge in [-0.2, -0.15) is 0 Å². The van der Waals surface area contributed by atoms with Crippen LogP contribution in [0.3, 0.4) is 0 Å². The van der Waals surface area contributed by atoms with Crippen molar-refractivity contribution in [2.24, 2.45) is 0 Å². The van der Waals surface area contributed by atoms with Crippen LogP contribution in [0.15, 0.2) is 72.9 Å². The molecule has 0 rings (SSSR count). The minimum Gasteiger partial charge on any atom is -0.462 e. The molecule has 3 N–H and O–H groups in total. The lowest BCUT2D eigenvalue weighted by atomic mass is 10.0. The van der Waals surface area contributed by atoms with Crippen LogP contribution in [0.2, 0.25) is 0 Å². The molecule has 0 bridgehead atoms. The van der Waals surface area contributed by atoms with Crippen molar-refractivity contribution >= 4 is 39.5 Å². The first-order valence-corrected chi connectivity index (χ1v) is 41.2. The molecule has 558 valence electrons. The van der Waals surface area contributed by atoms with E-state index in [1.807, 2.05) is 18.2 Å². The first kappa shape index (κ1) is 92.5. The van der Waals surface area contributed by atoms with E-state index < -0.39 is 97.5 Å². The van der Waals surface area contributed by atoms with E-state index in [9.17, 15) is 43.2 Å². The first-order valence-electron chi connectivity index (χ1n) is 38.2. The van der Waals surface area contributed by atoms with Crippen molar-refractivity contribution in [3.63, 3.8) is 0 Å². The lowest BCUT2D eigenvalue weighted by molar-refractivity contribution is -0.161. The second-order valence-electron chi connectivity index (χ2n) is 25.6. The number of carbonyl (C=O) groups excluding carboxylic acids is 4. The highest BCUT2D eigenvalue weighted by molar-refractivity contribution is 7.47. The van der Waals surface area contributed by atoms with Gasteiger partial charge in [0.2, 0.25) is 0 Å². The van der Waals surface area contributed by atoms with Crippen LogP contribution >= 0.6 is 15.6 Å². The summed E-state index contributed by atoms with van der Waals surface area (Å²) in [6.07, 6.45) is 69.3. The average molecular weight is 1400 g/mol. The van der Waals surface area contributed by atoms with Gasteiger partial charge in [-0.25, -0.2) is 9.13 Å². The maximum absolute atomic E-state index is 13.1. The summed E-state index contributed by atoms with van der Waals surface area (Å²) in [5, 5.41) is 10.6. The fourth-order valence-corrected chi connectivity index (χ4v) is 12.0. The maximum Gasteiger partial charge on any atom is 0.472 e. The van der Waals surface area contributed by atoms with Gasteiger partial charge >= 0.3 is 39.5 Å². The van der Waals surface area contributed by atoms with Crippen LogP contribution in [0.4, 0.5) is 0 Å². The van der Waals surface area contributed by atoms with E-state index in [1.54, 1.807) is 6.08 Å². The zero-order valence-electron chi connectivity index (χ0n) is 60.8. The predicted molar refractivity (Wildman–Crippen MR) is 390 cm³/mol. The average Bonchev–Trinajstić information content (AvgIpc) is 1.09. The molecule has 96 heavy (non-hydrogen) atoms. The first-order chi connectivity index (χ1) is 46.7. The van der Waals surface area contributed by atoms with Gasteiger partial charge in [0.15, 0.2) is 12.2 Å². The number of rotatable bonds is 72. The maximum atomic E-state index is 13.1. The number of aliphatic hydroxyl groups excluding tert-OH is 1. The van der Waals surface area contributed by atoms with E-state index >= 15 is 0 Å². The van der Waals surface area contributed by atoms with Gasteiger partial charge in [0.25, 0.3) is 0 Å². The molecule has 0 fully saturated rings. The van der Waals surface area contributed by atoms with E-state index in [0.717, 1.165) is 116 Å². The standard InChI is InChI=1S/C77H138O17P2/c1-5-9-13-17-21-25-29-32-35-38-42-45-49-53-57-61-74(79)87-67-72(93-76(81)63-59-55-51-47-41-28-24-20-16-12-8-4)69-91-95(83,84)89-65-71(78)66-90-96(85,86)92-70-73(94-77(82)64-60-56-52-48-44-40-37-34-31-27-23-19-15-11-7-3)68-88-75(80)62-58-54-50-46-43-39-36-33-30-26-22-18-14-10-6-2/h10,14,22,26,32-33,35-36,43,46,54,58,71-73,78H,5-9,11-13,15-21,23-25,27-31,34,37-42,44-45,47-53,55-57,59-70H2,1-4H3,(H,83,84)(H,85,86)/b14-10-,26-22-,35-32-,36-33-,46-43-,58-54-. The zero-order valence-corrected chi connectivity index (χ0v) is 62.6. The number of aliphatic hydroxyl groups is 1. The van der Waals surface area contributed by atoms with Gasteiger partial charge in [-0.05, 0) is 77.0 Å². The van der Waals surface area contributed by atoms with Crippen molar-refractivity contribution in [1.82, 2.24) is 0 Å². The molecule has 5 atom stereocenters. The van der Waals surface area contributed by atoms with Crippen molar-refractivity contribution in [1.29, 1.82) is 0 Å². The van der Waals surface area contributed by atoms with E-state index in [2.05, 4.69) is 76.3 Å². The van der Waals surface area contributed by atoms with E-state index in [1.165, 1.54) is 141 Å². The van der Waals surface area contributed by atoms with Crippen LogP contribution < -0.4 is 0 Å². The molecule has 0 aromatic carbocycles. The van der Waals surface area contributed by atoms with E-state index in [0.29, 0.717) is 25.7 Å². The fraction of sp³-hybridized carbons (Fsp3) is 0.792. The monoisotopic (exact) mass is 1400 g/mol. The molecule has 0 saturated carbocycles.